The molecule has 0 spiro atoms. The van der Waals surface area contributed by atoms with Crippen LogP contribution >= 0.6 is 0 Å². The molecule has 0 atom stereocenters. The third-order valence-electron chi connectivity index (χ3n) is 2.28. The van der Waals surface area contributed by atoms with Gasteiger partial charge in [-0.15, -0.1) is 0 Å². The third kappa shape index (κ3) is 3.75. The van der Waals surface area contributed by atoms with Gasteiger partial charge in [-0.25, -0.2) is 0 Å². The standard InChI is InChI=1S/C11H18N2O2/c1-13(8-4-2-3-7-12)11(14)10-6-5-9-15-10/h5-6,9H,2-4,7-8,12H2,1H3. The van der Waals surface area contributed by atoms with Crippen LogP contribution in [0.15, 0.2) is 22.8 Å². The average molecular weight is 210 g/mol. The van der Waals surface area contributed by atoms with Gasteiger partial charge in [-0.1, -0.05) is 6.42 Å². The summed E-state index contributed by atoms with van der Waals surface area (Å²) in [5, 5.41) is 0. The van der Waals surface area contributed by atoms with Crippen LogP contribution in [0.4, 0.5) is 0 Å². The summed E-state index contributed by atoms with van der Waals surface area (Å²) in [6.45, 7) is 1.47. The normalized spacial score (nSPS) is 10.3. The van der Waals surface area contributed by atoms with Crippen molar-refractivity contribution in [2.75, 3.05) is 20.1 Å². The fraction of sp³-hybridized carbons (Fsp3) is 0.545. The largest absolute Gasteiger partial charge is 0.459 e. The molecule has 4 heteroatoms. The summed E-state index contributed by atoms with van der Waals surface area (Å²) in [4.78, 5) is 13.4. The average Bonchev–Trinajstić information content (AvgIpc) is 2.76. The molecule has 1 amide bonds. The van der Waals surface area contributed by atoms with E-state index in [1.807, 2.05) is 0 Å². The van der Waals surface area contributed by atoms with Crippen molar-refractivity contribution >= 4 is 5.91 Å². The van der Waals surface area contributed by atoms with Crippen molar-refractivity contribution in [2.45, 2.75) is 19.3 Å². The first-order valence-corrected chi connectivity index (χ1v) is 5.24. The lowest BCUT2D eigenvalue weighted by molar-refractivity contribution is 0.0761. The van der Waals surface area contributed by atoms with Gasteiger partial charge in [-0.3, -0.25) is 4.79 Å². The zero-order valence-electron chi connectivity index (χ0n) is 9.11. The van der Waals surface area contributed by atoms with E-state index in [1.165, 1.54) is 6.26 Å². The molecule has 0 saturated heterocycles. The second-order valence-corrected chi connectivity index (χ2v) is 3.55. The molecule has 0 fully saturated rings. The molecule has 0 aliphatic carbocycles. The zero-order valence-corrected chi connectivity index (χ0v) is 9.11. The Morgan fingerprint density at radius 1 is 1.47 bits per heavy atom. The highest BCUT2D eigenvalue weighted by molar-refractivity contribution is 5.91. The molecule has 0 aromatic carbocycles. The Morgan fingerprint density at radius 2 is 2.27 bits per heavy atom. The van der Waals surface area contributed by atoms with Gasteiger partial charge in [-0.05, 0) is 31.5 Å². The SMILES string of the molecule is CN(CCCCCN)C(=O)c1ccco1. The minimum Gasteiger partial charge on any atom is -0.459 e. The first kappa shape index (κ1) is 11.8. The lowest BCUT2D eigenvalue weighted by Crippen LogP contribution is -2.27. The highest BCUT2D eigenvalue weighted by Gasteiger charge is 2.13. The lowest BCUT2D eigenvalue weighted by Gasteiger charge is -2.15. The number of carbonyl (C=O) groups is 1. The van der Waals surface area contributed by atoms with Crippen LogP contribution in [0.2, 0.25) is 0 Å². The van der Waals surface area contributed by atoms with E-state index in [2.05, 4.69) is 0 Å². The Hall–Kier alpha value is -1.29. The molecular weight excluding hydrogens is 192 g/mol. The van der Waals surface area contributed by atoms with Gasteiger partial charge >= 0.3 is 0 Å². The van der Waals surface area contributed by atoms with E-state index in [1.54, 1.807) is 24.1 Å². The van der Waals surface area contributed by atoms with Gasteiger partial charge in [0.05, 0.1) is 6.26 Å². The number of unbranched alkanes of at least 4 members (excludes halogenated alkanes) is 2. The smallest absolute Gasteiger partial charge is 0.289 e. The number of hydrogen-bond acceptors (Lipinski definition) is 3. The number of nitrogens with two attached hydrogens (primary N) is 1. The highest BCUT2D eigenvalue weighted by atomic mass is 16.3. The molecule has 1 rings (SSSR count). The van der Waals surface area contributed by atoms with Crippen LogP contribution in [-0.4, -0.2) is 30.9 Å². The molecule has 0 unspecified atom stereocenters. The number of nitrogens with zero attached hydrogens (tertiary/aromatic N) is 1. The number of rotatable bonds is 6. The maximum atomic E-state index is 11.7. The van der Waals surface area contributed by atoms with Crippen LogP contribution in [-0.2, 0) is 0 Å². The molecule has 2 N–H and O–H groups in total. The van der Waals surface area contributed by atoms with Crippen LogP contribution in [0, 0.1) is 0 Å². The molecule has 84 valence electrons. The van der Waals surface area contributed by atoms with Crippen molar-refractivity contribution in [1.29, 1.82) is 0 Å². The van der Waals surface area contributed by atoms with Crippen molar-refractivity contribution in [2.24, 2.45) is 5.73 Å². The first-order valence-electron chi connectivity index (χ1n) is 5.24. The van der Waals surface area contributed by atoms with E-state index in [0.717, 1.165) is 32.4 Å². The van der Waals surface area contributed by atoms with E-state index in [0.29, 0.717) is 5.76 Å². The Balaban J connectivity index is 2.28. The number of furan rings is 1. The molecule has 0 saturated carbocycles. The molecule has 0 aliphatic heterocycles. The summed E-state index contributed by atoms with van der Waals surface area (Å²) in [5.41, 5.74) is 5.39. The molecule has 0 aliphatic rings. The predicted octanol–water partition coefficient (Wildman–Crippen LogP) is 1.48. The van der Waals surface area contributed by atoms with Crippen LogP contribution in [0.5, 0.6) is 0 Å². The van der Waals surface area contributed by atoms with Crippen LogP contribution in [0.1, 0.15) is 29.8 Å². The summed E-state index contributed by atoms with van der Waals surface area (Å²) in [6.07, 6.45) is 4.57. The summed E-state index contributed by atoms with van der Waals surface area (Å²) in [5.74, 6) is 0.337. The lowest BCUT2D eigenvalue weighted by atomic mass is 10.2. The Labute approximate surface area is 90.0 Å². The van der Waals surface area contributed by atoms with E-state index >= 15 is 0 Å². The fourth-order valence-corrected chi connectivity index (χ4v) is 1.36. The van der Waals surface area contributed by atoms with E-state index in [9.17, 15) is 4.79 Å². The Morgan fingerprint density at radius 3 is 2.87 bits per heavy atom. The van der Waals surface area contributed by atoms with Crippen molar-refractivity contribution in [3.63, 3.8) is 0 Å². The molecule has 1 aromatic rings. The quantitative estimate of drug-likeness (QED) is 0.723. The fourth-order valence-electron chi connectivity index (χ4n) is 1.36. The summed E-state index contributed by atoms with van der Waals surface area (Å²) in [7, 11) is 1.79. The minimum absolute atomic E-state index is 0.0623. The monoisotopic (exact) mass is 210 g/mol. The predicted molar refractivity (Wildman–Crippen MR) is 58.6 cm³/mol. The molecule has 0 bridgehead atoms. The van der Waals surface area contributed by atoms with E-state index in [-0.39, 0.29) is 5.91 Å². The van der Waals surface area contributed by atoms with Crippen LogP contribution < -0.4 is 5.73 Å². The Bertz CT molecular complexity index is 283. The van der Waals surface area contributed by atoms with Gasteiger partial charge in [0.1, 0.15) is 0 Å². The van der Waals surface area contributed by atoms with Gasteiger partial charge in [0.15, 0.2) is 5.76 Å². The number of hydrogen-bond donors (Lipinski definition) is 1. The summed E-state index contributed by atoms with van der Waals surface area (Å²) < 4.78 is 5.03. The third-order valence-corrected chi connectivity index (χ3v) is 2.28. The van der Waals surface area contributed by atoms with Gasteiger partial charge in [0.25, 0.3) is 5.91 Å². The van der Waals surface area contributed by atoms with E-state index in [4.69, 9.17) is 10.2 Å². The number of carbonyl (C=O) groups excluding carboxylic acids is 1. The molecular formula is C11H18N2O2. The molecule has 4 nitrogen and oxygen atoms in total. The maximum Gasteiger partial charge on any atom is 0.289 e. The zero-order chi connectivity index (χ0) is 11.1. The summed E-state index contributed by atoms with van der Waals surface area (Å²) in [6, 6.07) is 3.40. The van der Waals surface area contributed by atoms with Crippen molar-refractivity contribution in [3.8, 4) is 0 Å². The van der Waals surface area contributed by atoms with Gasteiger partial charge in [0.2, 0.25) is 0 Å². The van der Waals surface area contributed by atoms with Crippen molar-refractivity contribution in [1.82, 2.24) is 4.90 Å². The maximum absolute atomic E-state index is 11.7. The second kappa shape index (κ2) is 6.24. The van der Waals surface area contributed by atoms with Gasteiger partial charge < -0.3 is 15.1 Å². The minimum atomic E-state index is -0.0623. The first-order chi connectivity index (χ1) is 7.25. The van der Waals surface area contributed by atoms with Crippen LogP contribution in [0.3, 0.4) is 0 Å². The van der Waals surface area contributed by atoms with E-state index < -0.39 is 0 Å². The molecule has 15 heavy (non-hydrogen) atoms. The molecule has 1 heterocycles. The Kier molecular flexibility index (Phi) is 4.90. The highest BCUT2D eigenvalue weighted by Crippen LogP contribution is 2.05. The topological polar surface area (TPSA) is 59.5 Å². The second-order valence-electron chi connectivity index (χ2n) is 3.55. The van der Waals surface area contributed by atoms with Gasteiger partial charge in [0, 0.05) is 13.6 Å². The van der Waals surface area contributed by atoms with Crippen molar-refractivity contribution in [3.05, 3.63) is 24.2 Å². The number of amides is 1. The van der Waals surface area contributed by atoms with Crippen LogP contribution in [0.25, 0.3) is 0 Å². The summed E-state index contributed by atoms with van der Waals surface area (Å²) >= 11 is 0. The van der Waals surface area contributed by atoms with Gasteiger partial charge in [-0.2, -0.15) is 0 Å². The van der Waals surface area contributed by atoms with Crippen molar-refractivity contribution < 1.29 is 9.21 Å². The molecule has 0 radical (unpaired) electrons. The molecule has 1 aromatic heterocycles.